The first-order valence-electron chi connectivity index (χ1n) is 8.20. The molecule has 2 rings (SSSR count). The highest BCUT2D eigenvalue weighted by atomic mass is 32.2. The van der Waals surface area contributed by atoms with Gasteiger partial charge in [-0.15, -0.1) is 0 Å². The van der Waals surface area contributed by atoms with E-state index in [1.165, 1.54) is 0 Å². The van der Waals surface area contributed by atoms with Crippen molar-refractivity contribution in [3.05, 3.63) is 65.2 Å². The second-order valence-electron chi connectivity index (χ2n) is 6.19. The van der Waals surface area contributed by atoms with Crippen molar-refractivity contribution >= 4 is 15.9 Å². The van der Waals surface area contributed by atoms with Crippen molar-refractivity contribution in [3.8, 4) is 5.75 Å². The van der Waals surface area contributed by atoms with E-state index >= 15 is 0 Å². The number of sulfonamides is 1. The Morgan fingerprint density at radius 2 is 1.85 bits per heavy atom. The summed E-state index contributed by atoms with van der Waals surface area (Å²) in [5.74, 6) is 0.430. The Balaban J connectivity index is 2.06. The van der Waals surface area contributed by atoms with Crippen molar-refractivity contribution in [1.82, 2.24) is 10.0 Å². The molecule has 0 spiro atoms. The van der Waals surface area contributed by atoms with Crippen molar-refractivity contribution in [3.63, 3.8) is 0 Å². The fourth-order valence-corrected chi connectivity index (χ4v) is 3.34. The van der Waals surface area contributed by atoms with Gasteiger partial charge >= 0.3 is 0 Å². The quantitative estimate of drug-likeness (QED) is 0.740. The molecule has 140 valence electrons. The lowest BCUT2D eigenvalue weighted by atomic mass is 10.0. The number of benzene rings is 2. The zero-order chi connectivity index (χ0) is 19.2. The molecule has 26 heavy (non-hydrogen) atoms. The van der Waals surface area contributed by atoms with Gasteiger partial charge in [-0.05, 0) is 30.2 Å². The molecule has 1 atom stereocenters. The van der Waals surface area contributed by atoms with Crippen LogP contribution in [0.1, 0.15) is 29.2 Å². The minimum atomic E-state index is -3.47. The summed E-state index contributed by atoms with van der Waals surface area (Å²) < 4.78 is 31.0. The number of methoxy groups -OCH3 is 1. The first-order chi connectivity index (χ1) is 12.3. The number of nitrogens with one attached hydrogen (secondary N) is 2. The minimum Gasteiger partial charge on any atom is -0.497 e. The average Bonchev–Trinajstić information content (AvgIpc) is 2.58. The van der Waals surface area contributed by atoms with E-state index in [0.717, 1.165) is 17.4 Å². The molecule has 0 saturated carbocycles. The number of ether oxygens (including phenoxy) is 1. The third-order valence-electron chi connectivity index (χ3n) is 3.84. The first-order valence-corrected chi connectivity index (χ1v) is 10.1. The van der Waals surface area contributed by atoms with Gasteiger partial charge in [-0.25, -0.2) is 13.1 Å². The maximum atomic E-state index is 12.3. The van der Waals surface area contributed by atoms with Gasteiger partial charge in [0.2, 0.25) is 15.9 Å². The SMILES string of the molecule is COc1ccc(C(CC(=O)NCc2cccc(C)c2)NS(C)(=O)=O)cc1. The van der Waals surface area contributed by atoms with Crippen molar-refractivity contribution in [1.29, 1.82) is 0 Å². The third-order valence-corrected chi connectivity index (χ3v) is 4.55. The number of aryl methyl sites for hydroxylation is 1. The predicted molar refractivity (Wildman–Crippen MR) is 101 cm³/mol. The molecule has 6 nitrogen and oxygen atoms in total. The molecule has 0 bridgehead atoms. The number of rotatable bonds is 8. The normalized spacial score (nSPS) is 12.4. The molecular weight excluding hydrogens is 352 g/mol. The van der Waals surface area contributed by atoms with Gasteiger partial charge in [0, 0.05) is 13.0 Å². The van der Waals surface area contributed by atoms with E-state index in [9.17, 15) is 13.2 Å². The van der Waals surface area contributed by atoms with E-state index in [1.54, 1.807) is 31.4 Å². The standard InChI is InChI=1S/C19H24N2O4S/c1-14-5-4-6-15(11-14)13-20-19(22)12-18(21-26(3,23)24)16-7-9-17(25-2)10-8-16/h4-11,18,21H,12-13H2,1-3H3,(H,20,22). The molecule has 0 heterocycles. The molecule has 0 radical (unpaired) electrons. The van der Waals surface area contributed by atoms with Crippen molar-refractivity contribution < 1.29 is 17.9 Å². The van der Waals surface area contributed by atoms with Crippen LogP contribution in [0, 0.1) is 6.92 Å². The molecule has 0 aromatic heterocycles. The maximum Gasteiger partial charge on any atom is 0.222 e. The van der Waals surface area contributed by atoms with Gasteiger partial charge in [0.1, 0.15) is 5.75 Å². The highest BCUT2D eigenvalue weighted by Crippen LogP contribution is 2.21. The van der Waals surface area contributed by atoms with Gasteiger partial charge in [0.15, 0.2) is 0 Å². The van der Waals surface area contributed by atoms with E-state index < -0.39 is 16.1 Å². The second-order valence-corrected chi connectivity index (χ2v) is 7.97. The van der Waals surface area contributed by atoms with Gasteiger partial charge in [-0.3, -0.25) is 4.79 Å². The van der Waals surface area contributed by atoms with Crippen LogP contribution in [0.15, 0.2) is 48.5 Å². The van der Waals surface area contributed by atoms with Crippen LogP contribution in [-0.2, 0) is 21.4 Å². The van der Waals surface area contributed by atoms with E-state index in [1.807, 2.05) is 31.2 Å². The predicted octanol–water partition coefficient (Wildman–Crippen LogP) is 2.30. The molecule has 1 unspecified atom stereocenters. The maximum absolute atomic E-state index is 12.3. The summed E-state index contributed by atoms with van der Waals surface area (Å²) in [4.78, 5) is 12.3. The molecule has 0 aliphatic heterocycles. The van der Waals surface area contributed by atoms with Gasteiger partial charge in [0.25, 0.3) is 0 Å². The van der Waals surface area contributed by atoms with Crippen LogP contribution in [0.25, 0.3) is 0 Å². The molecule has 0 aliphatic rings. The molecule has 2 aromatic carbocycles. The molecule has 7 heteroatoms. The molecule has 2 aromatic rings. The number of hydrogen-bond donors (Lipinski definition) is 2. The van der Waals surface area contributed by atoms with Gasteiger partial charge < -0.3 is 10.1 Å². The molecule has 1 amide bonds. The Morgan fingerprint density at radius 1 is 1.15 bits per heavy atom. The largest absolute Gasteiger partial charge is 0.497 e. The van der Waals surface area contributed by atoms with E-state index in [4.69, 9.17) is 4.74 Å². The molecular formula is C19H24N2O4S. The van der Waals surface area contributed by atoms with E-state index in [2.05, 4.69) is 10.0 Å². The van der Waals surface area contributed by atoms with Crippen LogP contribution in [0.2, 0.25) is 0 Å². The van der Waals surface area contributed by atoms with Crippen LogP contribution in [0.3, 0.4) is 0 Å². The molecule has 0 fully saturated rings. The van der Waals surface area contributed by atoms with Crippen LogP contribution in [0.5, 0.6) is 5.75 Å². The number of amides is 1. The van der Waals surface area contributed by atoms with Gasteiger partial charge in [-0.2, -0.15) is 0 Å². The number of carbonyl (C=O) groups excluding carboxylic acids is 1. The van der Waals surface area contributed by atoms with Crippen LogP contribution in [-0.4, -0.2) is 27.7 Å². The van der Waals surface area contributed by atoms with Gasteiger partial charge in [-0.1, -0.05) is 42.0 Å². The Kier molecular flexibility index (Phi) is 6.76. The topological polar surface area (TPSA) is 84.5 Å². The smallest absolute Gasteiger partial charge is 0.222 e. The van der Waals surface area contributed by atoms with Crippen LogP contribution >= 0.6 is 0 Å². The zero-order valence-corrected chi connectivity index (χ0v) is 16.0. The van der Waals surface area contributed by atoms with Crippen LogP contribution in [0.4, 0.5) is 0 Å². The summed E-state index contributed by atoms with van der Waals surface area (Å²) in [7, 11) is -1.91. The summed E-state index contributed by atoms with van der Waals surface area (Å²) in [6.07, 6.45) is 1.08. The monoisotopic (exact) mass is 376 g/mol. The summed E-state index contributed by atoms with van der Waals surface area (Å²) >= 11 is 0. The summed E-state index contributed by atoms with van der Waals surface area (Å²) in [5, 5.41) is 2.84. The van der Waals surface area contributed by atoms with Crippen LogP contribution < -0.4 is 14.8 Å². The number of carbonyl (C=O) groups is 1. The fourth-order valence-electron chi connectivity index (χ4n) is 2.60. The fraction of sp³-hybridized carbons (Fsp3) is 0.316. The van der Waals surface area contributed by atoms with Crippen molar-refractivity contribution in [2.24, 2.45) is 0 Å². The Labute approximate surface area is 154 Å². The molecule has 0 aliphatic carbocycles. The second kappa shape index (κ2) is 8.82. The van der Waals surface area contributed by atoms with E-state index in [0.29, 0.717) is 17.9 Å². The Morgan fingerprint density at radius 3 is 2.42 bits per heavy atom. The van der Waals surface area contributed by atoms with Crippen molar-refractivity contribution in [2.75, 3.05) is 13.4 Å². The number of hydrogen-bond acceptors (Lipinski definition) is 4. The lowest BCUT2D eigenvalue weighted by Gasteiger charge is -2.18. The molecule has 2 N–H and O–H groups in total. The summed E-state index contributed by atoms with van der Waals surface area (Å²) in [6.45, 7) is 2.38. The highest BCUT2D eigenvalue weighted by Gasteiger charge is 2.20. The molecule has 0 saturated heterocycles. The highest BCUT2D eigenvalue weighted by molar-refractivity contribution is 7.88. The van der Waals surface area contributed by atoms with Gasteiger partial charge in [0.05, 0.1) is 19.4 Å². The average molecular weight is 376 g/mol. The zero-order valence-electron chi connectivity index (χ0n) is 15.2. The first kappa shape index (κ1) is 19.9. The Hall–Kier alpha value is -2.38. The van der Waals surface area contributed by atoms with Crippen molar-refractivity contribution in [2.45, 2.75) is 25.9 Å². The minimum absolute atomic E-state index is 0.00517. The summed E-state index contributed by atoms with van der Waals surface area (Å²) in [6, 6.07) is 14.2. The van der Waals surface area contributed by atoms with E-state index in [-0.39, 0.29) is 12.3 Å². The Bertz CT molecular complexity index is 848. The lowest BCUT2D eigenvalue weighted by molar-refractivity contribution is -0.121. The third kappa shape index (κ3) is 6.50. The lowest BCUT2D eigenvalue weighted by Crippen LogP contribution is -2.33. The summed E-state index contributed by atoms with van der Waals surface area (Å²) in [5.41, 5.74) is 2.81.